The maximum absolute atomic E-state index is 12.7. The lowest BCUT2D eigenvalue weighted by atomic mass is 10.2. The highest BCUT2D eigenvalue weighted by Crippen LogP contribution is 2.34. The number of nitrogens with zero attached hydrogens (tertiary/aromatic N) is 5. The van der Waals surface area contributed by atoms with Crippen LogP contribution in [0.3, 0.4) is 0 Å². The van der Waals surface area contributed by atoms with Gasteiger partial charge >= 0.3 is 6.18 Å². The van der Waals surface area contributed by atoms with Gasteiger partial charge in [0.25, 0.3) is 0 Å². The minimum atomic E-state index is -4.23. The number of fused-ring (bicyclic) bond motifs is 1. The number of rotatable bonds is 4. The van der Waals surface area contributed by atoms with Crippen molar-refractivity contribution in [2.75, 3.05) is 44.2 Å². The predicted octanol–water partition coefficient (Wildman–Crippen LogP) is 2.29. The summed E-state index contributed by atoms with van der Waals surface area (Å²) >= 11 is 1.07. The number of halogens is 3. The van der Waals surface area contributed by atoms with E-state index < -0.39 is 18.9 Å². The Morgan fingerprint density at radius 3 is 2.37 bits per heavy atom. The second-order valence-corrected chi connectivity index (χ2v) is 8.15. The number of aromatic nitrogens is 2. The fourth-order valence-electron chi connectivity index (χ4n) is 3.80. The molecule has 148 valence electrons. The quantitative estimate of drug-likeness (QED) is 0.849. The summed E-state index contributed by atoms with van der Waals surface area (Å²) in [5.41, 5.74) is 0. The van der Waals surface area contributed by atoms with Crippen molar-refractivity contribution in [1.82, 2.24) is 19.8 Å². The minimum absolute atomic E-state index is 0.252. The summed E-state index contributed by atoms with van der Waals surface area (Å²) in [5, 5.41) is 11.2. The summed E-state index contributed by atoms with van der Waals surface area (Å²) in [7, 11) is 0. The summed E-state index contributed by atoms with van der Waals surface area (Å²) < 4.78 is 38.1. The number of aliphatic hydroxyl groups is 1. The second-order valence-electron chi connectivity index (χ2n) is 7.03. The van der Waals surface area contributed by atoms with E-state index in [0.717, 1.165) is 37.3 Å². The average molecular weight is 401 g/mol. The molecule has 1 unspecified atom stereocenters. The van der Waals surface area contributed by atoms with Crippen LogP contribution in [-0.2, 0) is 6.42 Å². The van der Waals surface area contributed by atoms with Crippen LogP contribution in [0.5, 0.6) is 0 Å². The maximum Gasteiger partial charge on any atom is 0.393 e. The molecule has 0 bridgehead atoms. The molecule has 10 heteroatoms. The second kappa shape index (κ2) is 7.50. The molecular weight excluding hydrogens is 379 g/mol. The third-order valence-electron chi connectivity index (χ3n) is 5.14. The standard InChI is InChI=1S/C17H22F3N5OS/c18-17(19,20)10-12-9-13-14(21-11-22-15(13)27-12)23-5-7-25(8-6-23)16(26)24-3-1-2-4-24/h9,11,16,26H,1-8,10H2. The van der Waals surface area contributed by atoms with Crippen LogP contribution in [0.1, 0.15) is 17.7 Å². The minimum Gasteiger partial charge on any atom is -0.365 e. The van der Waals surface area contributed by atoms with Gasteiger partial charge in [0.15, 0.2) is 6.35 Å². The molecule has 2 aromatic heterocycles. The lowest BCUT2D eigenvalue weighted by Crippen LogP contribution is -2.55. The van der Waals surface area contributed by atoms with Crippen molar-refractivity contribution >= 4 is 27.4 Å². The first-order valence-electron chi connectivity index (χ1n) is 9.12. The molecule has 0 spiro atoms. The third-order valence-corrected chi connectivity index (χ3v) is 6.18. The SMILES string of the molecule is OC(N1CCCC1)N1CCN(c2ncnc3sc(CC(F)(F)F)cc23)CC1. The van der Waals surface area contributed by atoms with Crippen molar-refractivity contribution in [3.8, 4) is 0 Å². The Bertz CT molecular complexity index is 784. The van der Waals surface area contributed by atoms with Crippen LogP contribution >= 0.6 is 11.3 Å². The fourth-order valence-corrected chi connectivity index (χ4v) is 4.82. The van der Waals surface area contributed by atoms with Crippen molar-refractivity contribution in [2.45, 2.75) is 31.8 Å². The van der Waals surface area contributed by atoms with Gasteiger partial charge in [0.05, 0.1) is 11.8 Å². The van der Waals surface area contributed by atoms with Crippen LogP contribution in [-0.4, -0.2) is 76.7 Å². The molecule has 2 aliphatic rings. The molecule has 0 amide bonds. The number of anilines is 1. The van der Waals surface area contributed by atoms with E-state index >= 15 is 0 Å². The lowest BCUT2D eigenvalue weighted by molar-refractivity contribution is -0.126. The maximum atomic E-state index is 12.7. The summed E-state index contributed by atoms with van der Waals surface area (Å²) in [5.74, 6) is 0.681. The van der Waals surface area contributed by atoms with Gasteiger partial charge < -0.3 is 10.0 Å². The molecule has 2 saturated heterocycles. The van der Waals surface area contributed by atoms with Gasteiger partial charge in [-0.05, 0) is 18.9 Å². The topological polar surface area (TPSA) is 55.7 Å². The molecule has 4 rings (SSSR count). The smallest absolute Gasteiger partial charge is 0.365 e. The van der Waals surface area contributed by atoms with E-state index in [4.69, 9.17) is 0 Å². The van der Waals surface area contributed by atoms with Crippen molar-refractivity contribution in [1.29, 1.82) is 0 Å². The van der Waals surface area contributed by atoms with Crippen molar-refractivity contribution in [3.63, 3.8) is 0 Å². The predicted molar refractivity (Wildman–Crippen MR) is 97.8 cm³/mol. The molecule has 4 heterocycles. The monoisotopic (exact) mass is 401 g/mol. The summed E-state index contributed by atoms with van der Waals surface area (Å²) in [6.07, 6.45) is -2.07. The van der Waals surface area contributed by atoms with Crippen molar-refractivity contribution in [3.05, 3.63) is 17.3 Å². The van der Waals surface area contributed by atoms with Crippen LogP contribution in [0.2, 0.25) is 0 Å². The van der Waals surface area contributed by atoms with Crippen LogP contribution in [0.4, 0.5) is 19.0 Å². The summed E-state index contributed by atoms with van der Waals surface area (Å²) in [6.45, 7) is 4.55. The molecule has 27 heavy (non-hydrogen) atoms. The number of thiophene rings is 1. The number of likely N-dealkylation sites (tertiary alicyclic amines) is 1. The van der Waals surface area contributed by atoms with Crippen LogP contribution in [0, 0.1) is 0 Å². The first-order chi connectivity index (χ1) is 12.9. The Morgan fingerprint density at radius 2 is 1.70 bits per heavy atom. The largest absolute Gasteiger partial charge is 0.393 e. The van der Waals surface area contributed by atoms with Crippen LogP contribution in [0.15, 0.2) is 12.4 Å². The van der Waals surface area contributed by atoms with Gasteiger partial charge in [0, 0.05) is 44.1 Å². The zero-order chi connectivity index (χ0) is 19.0. The first kappa shape index (κ1) is 18.9. The van der Waals surface area contributed by atoms with Crippen LogP contribution < -0.4 is 4.90 Å². The molecular formula is C17H22F3N5OS. The molecule has 1 N–H and O–H groups in total. The van der Waals surface area contributed by atoms with Gasteiger partial charge in [-0.15, -0.1) is 11.3 Å². The van der Waals surface area contributed by atoms with E-state index in [1.54, 1.807) is 6.07 Å². The summed E-state index contributed by atoms with van der Waals surface area (Å²) in [4.78, 5) is 15.5. The van der Waals surface area contributed by atoms with E-state index in [0.29, 0.717) is 42.2 Å². The van der Waals surface area contributed by atoms with Crippen molar-refractivity contribution in [2.24, 2.45) is 0 Å². The molecule has 1 atom stereocenters. The van der Waals surface area contributed by atoms with Gasteiger partial charge in [-0.25, -0.2) is 9.97 Å². The fraction of sp³-hybridized carbons (Fsp3) is 0.647. The molecule has 0 aromatic carbocycles. The number of hydrogen-bond acceptors (Lipinski definition) is 7. The van der Waals surface area contributed by atoms with E-state index in [-0.39, 0.29) is 4.88 Å². The Kier molecular flexibility index (Phi) is 5.23. The van der Waals surface area contributed by atoms with Crippen molar-refractivity contribution < 1.29 is 18.3 Å². The zero-order valence-electron chi connectivity index (χ0n) is 14.8. The number of hydrogen-bond donors (Lipinski definition) is 1. The normalized spacial score (nSPS) is 21.3. The molecule has 0 saturated carbocycles. The van der Waals surface area contributed by atoms with Crippen LogP contribution in [0.25, 0.3) is 10.2 Å². The van der Waals surface area contributed by atoms with E-state index in [1.807, 2.05) is 4.90 Å². The Balaban J connectivity index is 1.47. The zero-order valence-corrected chi connectivity index (χ0v) is 15.6. The van der Waals surface area contributed by atoms with Gasteiger partial charge in [0.2, 0.25) is 0 Å². The van der Waals surface area contributed by atoms with E-state index in [2.05, 4.69) is 19.8 Å². The molecule has 2 aromatic rings. The van der Waals surface area contributed by atoms with Gasteiger partial charge in [-0.1, -0.05) is 0 Å². The molecule has 2 fully saturated rings. The molecule has 0 aliphatic carbocycles. The number of aliphatic hydroxyl groups excluding tert-OH is 1. The number of alkyl halides is 3. The molecule has 2 aliphatic heterocycles. The highest BCUT2D eigenvalue weighted by atomic mass is 32.1. The highest BCUT2D eigenvalue weighted by Gasteiger charge is 2.31. The van der Waals surface area contributed by atoms with Gasteiger partial charge in [0.1, 0.15) is 17.0 Å². The van der Waals surface area contributed by atoms with Gasteiger partial charge in [-0.3, -0.25) is 9.80 Å². The third kappa shape index (κ3) is 4.18. The highest BCUT2D eigenvalue weighted by molar-refractivity contribution is 7.18. The molecule has 0 radical (unpaired) electrons. The summed E-state index contributed by atoms with van der Waals surface area (Å²) in [6, 6.07) is 1.56. The number of piperazine rings is 1. The average Bonchev–Trinajstić information content (AvgIpc) is 3.28. The Hall–Kier alpha value is -1.49. The molecule has 6 nitrogen and oxygen atoms in total. The van der Waals surface area contributed by atoms with E-state index in [9.17, 15) is 18.3 Å². The Labute approximate surface area is 159 Å². The first-order valence-corrected chi connectivity index (χ1v) is 9.94. The van der Waals surface area contributed by atoms with E-state index in [1.165, 1.54) is 6.33 Å². The lowest BCUT2D eigenvalue weighted by Gasteiger charge is -2.40. The Morgan fingerprint density at radius 1 is 1.04 bits per heavy atom. The van der Waals surface area contributed by atoms with Gasteiger partial charge in [-0.2, -0.15) is 13.2 Å².